The predicted molar refractivity (Wildman–Crippen MR) is 112 cm³/mol. The Bertz CT molecular complexity index is 723. The predicted octanol–water partition coefficient (Wildman–Crippen LogP) is 4.78. The van der Waals surface area contributed by atoms with Crippen LogP contribution in [0.15, 0.2) is 24.3 Å². The number of hydrogen-bond acceptors (Lipinski definition) is 2. The zero-order valence-corrected chi connectivity index (χ0v) is 17.6. The Hall–Kier alpha value is -0.840. The van der Waals surface area contributed by atoms with Gasteiger partial charge in [-0.05, 0) is 50.9 Å². The summed E-state index contributed by atoms with van der Waals surface area (Å²) in [6.07, 6.45) is 3.80. The van der Waals surface area contributed by atoms with Gasteiger partial charge in [0.1, 0.15) is 0 Å². The molecule has 3 heterocycles. The van der Waals surface area contributed by atoms with Gasteiger partial charge in [0, 0.05) is 42.3 Å². The van der Waals surface area contributed by atoms with Gasteiger partial charge >= 0.3 is 0 Å². The molecule has 2 aromatic rings. The van der Waals surface area contributed by atoms with E-state index in [-0.39, 0.29) is 17.0 Å². The van der Waals surface area contributed by atoms with Crippen molar-refractivity contribution in [1.82, 2.24) is 14.4 Å². The third-order valence-electron chi connectivity index (χ3n) is 6.13. The average molecular weight is 406 g/mol. The monoisotopic (exact) mass is 405 g/mol. The highest BCUT2D eigenvalue weighted by Gasteiger charge is 2.41. The molecule has 1 aromatic heterocycles. The van der Waals surface area contributed by atoms with E-state index in [1.165, 1.54) is 68.5 Å². The van der Waals surface area contributed by atoms with Gasteiger partial charge in [-0.25, -0.2) is 0 Å². The number of rotatable bonds is 4. The molecule has 25 heavy (non-hydrogen) atoms. The lowest BCUT2D eigenvalue weighted by molar-refractivity contribution is -0.00137. The number of para-hydroxylation sites is 1. The summed E-state index contributed by atoms with van der Waals surface area (Å²) < 4.78 is 2.63. The number of piperazine rings is 1. The number of aryl methyl sites for hydroxylation is 2. The van der Waals surface area contributed by atoms with Crippen molar-refractivity contribution in [2.45, 2.75) is 58.7 Å². The van der Waals surface area contributed by atoms with E-state index in [1.807, 2.05) is 0 Å². The Balaban J connectivity index is 0.00000182. The molecule has 0 saturated carbocycles. The maximum atomic E-state index is 2.78. The summed E-state index contributed by atoms with van der Waals surface area (Å²) in [4.78, 5) is 5.55. The van der Waals surface area contributed by atoms with Crippen LogP contribution in [0.3, 0.4) is 0 Å². The van der Waals surface area contributed by atoms with Gasteiger partial charge in [-0.1, -0.05) is 32.0 Å². The van der Waals surface area contributed by atoms with Gasteiger partial charge in [0.2, 0.25) is 0 Å². The van der Waals surface area contributed by atoms with Crippen molar-refractivity contribution in [1.29, 1.82) is 0 Å². The molecule has 0 spiro atoms. The van der Waals surface area contributed by atoms with Crippen molar-refractivity contribution >= 4 is 27.9 Å². The third-order valence-corrected chi connectivity index (χ3v) is 6.13. The summed E-state index contributed by atoms with van der Waals surface area (Å²) in [6, 6.07) is 10.3. The second-order valence-electron chi connectivity index (χ2n) is 7.55. The van der Waals surface area contributed by atoms with Gasteiger partial charge in [0.25, 0.3) is 0 Å². The maximum absolute atomic E-state index is 2.78. The summed E-state index contributed by atoms with van der Waals surface area (Å²) >= 11 is 0. The van der Waals surface area contributed by atoms with Gasteiger partial charge in [0.05, 0.1) is 6.04 Å². The van der Waals surface area contributed by atoms with E-state index in [0.29, 0.717) is 12.1 Å². The van der Waals surface area contributed by atoms with Gasteiger partial charge in [-0.15, -0.1) is 17.0 Å². The van der Waals surface area contributed by atoms with E-state index in [4.69, 9.17) is 0 Å². The second kappa shape index (κ2) is 7.81. The molecular formula is C21H32BrN3. The van der Waals surface area contributed by atoms with E-state index in [2.05, 4.69) is 59.4 Å². The number of aromatic nitrogens is 1. The number of nitrogens with zero attached hydrogens (tertiary/aromatic N) is 3. The van der Waals surface area contributed by atoms with Gasteiger partial charge < -0.3 is 4.57 Å². The van der Waals surface area contributed by atoms with Crippen molar-refractivity contribution < 1.29 is 0 Å². The van der Waals surface area contributed by atoms with Crippen molar-refractivity contribution in [2.75, 3.05) is 26.2 Å². The summed E-state index contributed by atoms with van der Waals surface area (Å²) in [5.74, 6) is 0. The minimum absolute atomic E-state index is 0. The number of halogens is 1. The molecule has 3 nitrogen and oxygen atoms in total. The summed E-state index contributed by atoms with van der Waals surface area (Å²) in [5, 5.41) is 1.46. The van der Waals surface area contributed by atoms with Crippen LogP contribution in [0.2, 0.25) is 0 Å². The van der Waals surface area contributed by atoms with Crippen LogP contribution in [-0.2, 0) is 6.54 Å². The van der Waals surface area contributed by atoms with Gasteiger partial charge in [0.15, 0.2) is 0 Å². The van der Waals surface area contributed by atoms with Gasteiger partial charge in [-0.2, -0.15) is 0 Å². The van der Waals surface area contributed by atoms with Crippen molar-refractivity contribution in [3.8, 4) is 0 Å². The second-order valence-corrected chi connectivity index (χ2v) is 7.55. The zero-order valence-electron chi connectivity index (χ0n) is 15.9. The van der Waals surface area contributed by atoms with Crippen LogP contribution in [-0.4, -0.2) is 46.6 Å². The molecule has 2 aliphatic rings. The molecule has 2 aliphatic heterocycles. The average Bonchev–Trinajstić information content (AvgIpc) is 2.90. The summed E-state index contributed by atoms with van der Waals surface area (Å²) in [5.41, 5.74) is 4.55. The Morgan fingerprint density at radius 1 is 0.960 bits per heavy atom. The molecule has 2 atom stereocenters. The fourth-order valence-corrected chi connectivity index (χ4v) is 5.18. The smallest absolute Gasteiger partial charge is 0.0662 e. The lowest BCUT2D eigenvalue weighted by Gasteiger charge is -2.50. The molecular weight excluding hydrogens is 374 g/mol. The lowest BCUT2D eigenvalue weighted by atomic mass is 9.90. The van der Waals surface area contributed by atoms with Crippen LogP contribution in [0.1, 0.15) is 50.4 Å². The topological polar surface area (TPSA) is 11.4 Å². The first kappa shape index (κ1) is 18.9. The van der Waals surface area contributed by atoms with Crippen molar-refractivity contribution in [2.24, 2.45) is 0 Å². The third kappa shape index (κ3) is 3.07. The highest BCUT2D eigenvalue weighted by Crippen LogP contribution is 2.42. The van der Waals surface area contributed by atoms with Crippen LogP contribution in [0, 0.1) is 6.92 Å². The molecule has 0 amide bonds. The van der Waals surface area contributed by atoms with Crippen molar-refractivity contribution in [3.05, 3.63) is 35.5 Å². The fourth-order valence-electron chi connectivity index (χ4n) is 5.18. The molecule has 1 saturated heterocycles. The Morgan fingerprint density at radius 2 is 1.64 bits per heavy atom. The summed E-state index contributed by atoms with van der Waals surface area (Å²) in [6.45, 7) is 13.1. The molecule has 2 unspecified atom stereocenters. The number of fused-ring (bicyclic) bond motifs is 5. The SMILES string of the molecule is Br.CCCN1CCN(CCC)C2c3c(C)c4ccccc4n3CCC21. The van der Waals surface area contributed by atoms with E-state index < -0.39 is 0 Å². The Labute approximate surface area is 162 Å². The van der Waals surface area contributed by atoms with Crippen LogP contribution in [0.4, 0.5) is 0 Å². The standard InChI is InChI=1S/C21H31N3.BrH/c1-4-11-22-14-15-23(12-5-2)21-19(22)10-13-24-18-9-7-6-8-17(18)16(3)20(21)24;/h6-9,19,21H,4-5,10-15H2,1-3H3;1H. The molecule has 0 N–H and O–H groups in total. The van der Waals surface area contributed by atoms with Crippen LogP contribution in [0.5, 0.6) is 0 Å². The Kier molecular flexibility index (Phi) is 5.92. The first-order valence-electron chi connectivity index (χ1n) is 9.82. The molecule has 0 aliphatic carbocycles. The normalized spacial score (nSPS) is 24.0. The van der Waals surface area contributed by atoms with Crippen molar-refractivity contribution in [3.63, 3.8) is 0 Å². The zero-order chi connectivity index (χ0) is 16.7. The van der Waals surface area contributed by atoms with Crippen LogP contribution in [0.25, 0.3) is 10.9 Å². The highest BCUT2D eigenvalue weighted by molar-refractivity contribution is 8.93. The first-order chi connectivity index (χ1) is 11.8. The largest absolute Gasteiger partial charge is 0.343 e. The molecule has 138 valence electrons. The quantitative estimate of drug-likeness (QED) is 0.724. The van der Waals surface area contributed by atoms with E-state index >= 15 is 0 Å². The van der Waals surface area contributed by atoms with Crippen LogP contribution < -0.4 is 0 Å². The van der Waals surface area contributed by atoms with E-state index in [1.54, 1.807) is 5.69 Å². The molecule has 0 bridgehead atoms. The minimum Gasteiger partial charge on any atom is -0.343 e. The number of hydrogen-bond donors (Lipinski definition) is 0. The highest BCUT2D eigenvalue weighted by atomic mass is 79.9. The number of benzene rings is 1. The summed E-state index contributed by atoms with van der Waals surface area (Å²) in [7, 11) is 0. The fraction of sp³-hybridized carbons (Fsp3) is 0.619. The minimum atomic E-state index is 0. The molecule has 4 rings (SSSR count). The van der Waals surface area contributed by atoms with Crippen LogP contribution >= 0.6 is 17.0 Å². The molecule has 4 heteroatoms. The molecule has 1 aromatic carbocycles. The lowest BCUT2D eigenvalue weighted by Crippen LogP contribution is -2.57. The first-order valence-corrected chi connectivity index (χ1v) is 9.82. The van der Waals surface area contributed by atoms with Gasteiger partial charge in [-0.3, -0.25) is 9.80 Å². The molecule has 0 radical (unpaired) electrons. The Morgan fingerprint density at radius 3 is 2.40 bits per heavy atom. The van der Waals surface area contributed by atoms with E-state index in [9.17, 15) is 0 Å². The van der Waals surface area contributed by atoms with E-state index in [0.717, 1.165) is 0 Å². The molecule has 1 fully saturated rings. The maximum Gasteiger partial charge on any atom is 0.0662 e.